The standard InChI is InChI=1S/C10H13F2NO/c1-2-8(13)10(14)9-6(11)4-3-5-7(9)12/h3-5,8,10,14H,2,13H2,1H3/t8-,10+/m0/s1. The van der Waals surface area contributed by atoms with Crippen molar-refractivity contribution < 1.29 is 13.9 Å². The van der Waals surface area contributed by atoms with Gasteiger partial charge in [-0.1, -0.05) is 13.0 Å². The molecule has 0 aliphatic carbocycles. The predicted molar refractivity (Wildman–Crippen MR) is 49.6 cm³/mol. The van der Waals surface area contributed by atoms with Crippen LogP contribution in [0.4, 0.5) is 8.78 Å². The smallest absolute Gasteiger partial charge is 0.132 e. The number of halogens is 2. The highest BCUT2D eigenvalue weighted by Crippen LogP contribution is 2.23. The van der Waals surface area contributed by atoms with Gasteiger partial charge in [-0.15, -0.1) is 0 Å². The molecular formula is C10H13F2NO. The lowest BCUT2D eigenvalue weighted by Gasteiger charge is -2.18. The third kappa shape index (κ3) is 2.08. The average molecular weight is 201 g/mol. The predicted octanol–water partition coefficient (Wildman–Crippen LogP) is 1.74. The summed E-state index contributed by atoms with van der Waals surface area (Å²) in [5.74, 6) is -1.53. The van der Waals surface area contributed by atoms with E-state index < -0.39 is 23.8 Å². The van der Waals surface area contributed by atoms with Crippen molar-refractivity contribution in [2.24, 2.45) is 5.73 Å². The first-order chi connectivity index (χ1) is 6.57. The van der Waals surface area contributed by atoms with E-state index in [1.807, 2.05) is 0 Å². The minimum absolute atomic E-state index is 0.346. The van der Waals surface area contributed by atoms with Crippen molar-refractivity contribution >= 4 is 0 Å². The van der Waals surface area contributed by atoms with E-state index in [9.17, 15) is 13.9 Å². The van der Waals surface area contributed by atoms with E-state index in [4.69, 9.17) is 5.73 Å². The zero-order chi connectivity index (χ0) is 10.7. The summed E-state index contributed by atoms with van der Waals surface area (Å²) in [6.45, 7) is 1.74. The first-order valence-electron chi connectivity index (χ1n) is 4.45. The van der Waals surface area contributed by atoms with Crippen molar-refractivity contribution in [1.82, 2.24) is 0 Å². The molecule has 0 spiro atoms. The van der Waals surface area contributed by atoms with Crippen LogP contribution in [0.5, 0.6) is 0 Å². The molecule has 14 heavy (non-hydrogen) atoms. The second kappa shape index (κ2) is 4.48. The molecular weight excluding hydrogens is 188 g/mol. The Hall–Kier alpha value is -1.00. The van der Waals surface area contributed by atoms with Gasteiger partial charge in [-0.25, -0.2) is 8.78 Å². The number of hydrogen-bond acceptors (Lipinski definition) is 2. The summed E-state index contributed by atoms with van der Waals surface area (Å²) in [5, 5.41) is 9.55. The van der Waals surface area contributed by atoms with Gasteiger partial charge in [0.2, 0.25) is 0 Å². The molecule has 78 valence electrons. The maximum Gasteiger partial charge on any atom is 0.132 e. The molecule has 0 bridgehead atoms. The van der Waals surface area contributed by atoms with Gasteiger partial charge in [0, 0.05) is 6.04 Å². The van der Waals surface area contributed by atoms with Gasteiger partial charge in [0.1, 0.15) is 11.6 Å². The van der Waals surface area contributed by atoms with Crippen LogP contribution < -0.4 is 5.73 Å². The average Bonchev–Trinajstić information content (AvgIpc) is 2.16. The van der Waals surface area contributed by atoms with E-state index in [1.54, 1.807) is 6.92 Å². The van der Waals surface area contributed by atoms with Crippen LogP contribution in [0, 0.1) is 11.6 Å². The number of aliphatic hydroxyl groups excluding tert-OH is 1. The molecule has 0 radical (unpaired) electrons. The fourth-order valence-electron chi connectivity index (χ4n) is 1.23. The number of hydrogen-bond donors (Lipinski definition) is 2. The molecule has 4 heteroatoms. The van der Waals surface area contributed by atoms with E-state index in [1.165, 1.54) is 6.07 Å². The maximum atomic E-state index is 13.1. The third-order valence-corrected chi connectivity index (χ3v) is 2.17. The van der Waals surface area contributed by atoms with Crippen LogP contribution in [0.2, 0.25) is 0 Å². The molecule has 0 saturated heterocycles. The number of rotatable bonds is 3. The van der Waals surface area contributed by atoms with Gasteiger partial charge in [-0.3, -0.25) is 0 Å². The lowest BCUT2D eigenvalue weighted by Crippen LogP contribution is -2.28. The topological polar surface area (TPSA) is 46.2 Å². The third-order valence-electron chi connectivity index (χ3n) is 2.17. The van der Waals surface area contributed by atoms with Crippen LogP contribution in [0.1, 0.15) is 25.0 Å². The second-order valence-electron chi connectivity index (χ2n) is 3.15. The Kier molecular flexibility index (Phi) is 3.55. The van der Waals surface area contributed by atoms with E-state index >= 15 is 0 Å². The first-order valence-corrected chi connectivity index (χ1v) is 4.45. The van der Waals surface area contributed by atoms with Crippen molar-refractivity contribution in [3.8, 4) is 0 Å². The van der Waals surface area contributed by atoms with Crippen LogP contribution in [0.25, 0.3) is 0 Å². The Morgan fingerprint density at radius 3 is 2.29 bits per heavy atom. The number of nitrogens with two attached hydrogens (primary N) is 1. The molecule has 0 aromatic heterocycles. The quantitative estimate of drug-likeness (QED) is 0.782. The molecule has 2 atom stereocenters. The molecule has 0 aliphatic rings. The zero-order valence-electron chi connectivity index (χ0n) is 7.87. The fourth-order valence-corrected chi connectivity index (χ4v) is 1.23. The molecule has 2 nitrogen and oxygen atoms in total. The van der Waals surface area contributed by atoms with Crippen LogP contribution >= 0.6 is 0 Å². The maximum absolute atomic E-state index is 13.1. The number of benzene rings is 1. The van der Waals surface area contributed by atoms with Gasteiger partial charge in [0.05, 0.1) is 11.7 Å². The molecule has 1 aromatic carbocycles. The Labute approximate surface area is 81.4 Å². The minimum Gasteiger partial charge on any atom is -0.387 e. The van der Waals surface area contributed by atoms with E-state index in [-0.39, 0.29) is 5.56 Å². The lowest BCUT2D eigenvalue weighted by molar-refractivity contribution is 0.135. The molecule has 0 aliphatic heterocycles. The van der Waals surface area contributed by atoms with E-state index in [2.05, 4.69) is 0 Å². The minimum atomic E-state index is -1.29. The van der Waals surface area contributed by atoms with Crippen molar-refractivity contribution in [3.05, 3.63) is 35.4 Å². The Balaban J connectivity index is 3.05. The fraction of sp³-hybridized carbons (Fsp3) is 0.400. The molecule has 0 unspecified atom stereocenters. The molecule has 1 aromatic rings. The van der Waals surface area contributed by atoms with Gasteiger partial charge in [0.25, 0.3) is 0 Å². The van der Waals surface area contributed by atoms with Crippen LogP contribution in [-0.2, 0) is 0 Å². The zero-order valence-corrected chi connectivity index (χ0v) is 7.87. The molecule has 3 N–H and O–H groups in total. The Morgan fingerprint density at radius 1 is 1.36 bits per heavy atom. The largest absolute Gasteiger partial charge is 0.387 e. The van der Waals surface area contributed by atoms with E-state index in [0.717, 1.165) is 12.1 Å². The molecule has 0 amide bonds. The summed E-state index contributed by atoms with van der Waals surface area (Å²) in [7, 11) is 0. The SMILES string of the molecule is CC[C@H](N)[C@@H](O)c1c(F)cccc1F. The number of aliphatic hydroxyl groups is 1. The summed E-state index contributed by atoms with van der Waals surface area (Å²) in [5.41, 5.74) is 5.16. The van der Waals surface area contributed by atoms with Crippen LogP contribution in [0.15, 0.2) is 18.2 Å². The summed E-state index contributed by atoms with van der Waals surface area (Å²) >= 11 is 0. The first kappa shape index (κ1) is 11.1. The van der Waals surface area contributed by atoms with Gasteiger partial charge >= 0.3 is 0 Å². The highest BCUT2D eigenvalue weighted by atomic mass is 19.1. The van der Waals surface area contributed by atoms with Crippen molar-refractivity contribution in [2.45, 2.75) is 25.5 Å². The van der Waals surface area contributed by atoms with Crippen LogP contribution in [-0.4, -0.2) is 11.1 Å². The molecule has 0 saturated carbocycles. The van der Waals surface area contributed by atoms with Crippen LogP contribution in [0.3, 0.4) is 0 Å². The van der Waals surface area contributed by atoms with E-state index in [0.29, 0.717) is 6.42 Å². The Morgan fingerprint density at radius 2 is 1.86 bits per heavy atom. The Bertz CT molecular complexity index is 297. The monoisotopic (exact) mass is 201 g/mol. The highest BCUT2D eigenvalue weighted by Gasteiger charge is 2.22. The second-order valence-corrected chi connectivity index (χ2v) is 3.15. The van der Waals surface area contributed by atoms with Gasteiger partial charge in [-0.2, -0.15) is 0 Å². The van der Waals surface area contributed by atoms with Gasteiger partial charge in [-0.05, 0) is 18.6 Å². The molecule has 0 heterocycles. The lowest BCUT2D eigenvalue weighted by atomic mass is 10.00. The van der Waals surface area contributed by atoms with Crippen molar-refractivity contribution in [1.29, 1.82) is 0 Å². The summed E-state index contributed by atoms with van der Waals surface area (Å²) in [4.78, 5) is 0. The van der Waals surface area contributed by atoms with Gasteiger partial charge in [0.15, 0.2) is 0 Å². The van der Waals surface area contributed by atoms with Gasteiger partial charge < -0.3 is 10.8 Å². The summed E-state index contributed by atoms with van der Waals surface area (Å²) in [6, 6.07) is 2.80. The molecule has 0 fully saturated rings. The normalized spacial score (nSPS) is 15.2. The van der Waals surface area contributed by atoms with Crippen molar-refractivity contribution in [3.63, 3.8) is 0 Å². The summed E-state index contributed by atoms with van der Waals surface area (Å²) < 4.78 is 26.3. The summed E-state index contributed by atoms with van der Waals surface area (Å²) in [6.07, 6.45) is -0.837. The van der Waals surface area contributed by atoms with Crippen molar-refractivity contribution in [2.75, 3.05) is 0 Å². The highest BCUT2D eigenvalue weighted by molar-refractivity contribution is 5.23. The molecule has 1 rings (SSSR count).